The molecule has 2 unspecified atom stereocenters. The maximum Gasteiger partial charge on any atom is 0.132 e. The predicted octanol–water partition coefficient (Wildman–Crippen LogP) is 1.09. The third-order valence-corrected chi connectivity index (χ3v) is 2.31. The van der Waals surface area contributed by atoms with Gasteiger partial charge >= 0.3 is 0 Å². The van der Waals surface area contributed by atoms with Gasteiger partial charge in [-0.25, -0.2) is 9.97 Å². The highest BCUT2D eigenvalue weighted by atomic mass is 16.5. The number of rotatable bonds is 1. The SMILES string of the molecule is CC1CN(c2ccncn2)CC(C)O1. The van der Waals surface area contributed by atoms with Gasteiger partial charge in [0.25, 0.3) is 0 Å². The zero-order valence-corrected chi connectivity index (χ0v) is 8.55. The Hall–Kier alpha value is -1.16. The zero-order valence-electron chi connectivity index (χ0n) is 8.55. The summed E-state index contributed by atoms with van der Waals surface area (Å²) in [6.45, 7) is 5.98. The van der Waals surface area contributed by atoms with E-state index in [1.54, 1.807) is 12.5 Å². The van der Waals surface area contributed by atoms with Gasteiger partial charge in [-0.15, -0.1) is 0 Å². The summed E-state index contributed by atoms with van der Waals surface area (Å²) in [6, 6.07) is 1.94. The van der Waals surface area contributed by atoms with Crippen LogP contribution in [0.15, 0.2) is 18.6 Å². The minimum Gasteiger partial charge on any atom is -0.372 e. The molecule has 0 amide bonds. The molecule has 1 aromatic heterocycles. The van der Waals surface area contributed by atoms with E-state index >= 15 is 0 Å². The molecule has 1 fully saturated rings. The van der Waals surface area contributed by atoms with Crippen molar-refractivity contribution in [1.82, 2.24) is 9.97 Å². The van der Waals surface area contributed by atoms with Crippen LogP contribution in [0, 0.1) is 0 Å². The Balaban J connectivity index is 2.11. The quantitative estimate of drug-likeness (QED) is 0.669. The van der Waals surface area contributed by atoms with Crippen molar-refractivity contribution in [3.63, 3.8) is 0 Å². The van der Waals surface area contributed by atoms with Gasteiger partial charge < -0.3 is 9.64 Å². The van der Waals surface area contributed by atoms with Crippen molar-refractivity contribution in [3.8, 4) is 0 Å². The third-order valence-electron chi connectivity index (χ3n) is 2.31. The fourth-order valence-electron chi connectivity index (χ4n) is 1.84. The molecule has 1 aromatic rings. The van der Waals surface area contributed by atoms with Gasteiger partial charge in [0.15, 0.2) is 0 Å². The Kier molecular flexibility index (Phi) is 2.63. The summed E-state index contributed by atoms with van der Waals surface area (Å²) in [6.07, 6.45) is 3.90. The van der Waals surface area contributed by atoms with E-state index in [1.807, 2.05) is 6.07 Å². The molecular weight excluding hydrogens is 178 g/mol. The molecular formula is C10H15N3O. The Labute approximate surface area is 83.9 Å². The van der Waals surface area contributed by atoms with Crippen LogP contribution in [0.1, 0.15) is 13.8 Å². The molecule has 0 radical (unpaired) electrons. The van der Waals surface area contributed by atoms with E-state index in [-0.39, 0.29) is 12.2 Å². The molecule has 1 aliphatic heterocycles. The van der Waals surface area contributed by atoms with E-state index in [0.717, 1.165) is 18.9 Å². The lowest BCUT2D eigenvalue weighted by Gasteiger charge is -2.35. The summed E-state index contributed by atoms with van der Waals surface area (Å²) in [5.41, 5.74) is 0. The molecule has 0 spiro atoms. The van der Waals surface area contributed by atoms with E-state index in [1.165, 1.54) is 0 Å². The first kappa shape index (κ1) is 9.40. The predicted molar refractivity (Wildman–Crippen MR) is 54.3 cm³/mol. The number of anilines is 1. The molecule has 1 saturated heterocycles. The van der Waals surface area contributed by atoms with Gasteiger partial charge in [-0.1, -0.05) is 0 Å². The van der Waals surface area contributed by atoms with Gasteiger partial charge in [-0.3, -0.25) is 0 Å². The number of aromatic nitrogens is 2. The Morgan fingerprint density at radius 3 is 2.64 bits per heavy atom. The van der Waals surface area contributed by atoms with E-state index < -0.39 is 0 Å². The van der Waals surface area contributed by atoms with Gasteiger partial charge in [-0.05, 0) is 19.9 Å². The summed E-state index contributed by atoms with van der Waals surface area (Å²) in [7, 11) is 0. The summed E-state index contributed by atoms with van der Waals surface area (Å²) < 4.78 is 5.65. The van der Waals surface area contributed by atoms with Crippen LogP contribution < -0.4 is 4.90 Å². The molecule has 0 N–H and O–H groups in total. The maximum atomic E-state index is 5.65. The standard InChI is InChI=1S/C10H15N3O/c1-8-5-13(6-9(2)14-8)10-3-4-11-7-12-10/h3-4,7-9H,5-6H2,1-2H3. The fraction of sp³-hybridized carbons (Fsp3) is 0.600. The normalized spacial score (nSPS) is 27.7. The van der Waals surface area contributed by atoms with Gasteiger partial charge in [0, 0.05) is 19.3 Å². The lowest BCUT2D eigenvalue weighted by atomic mass is 10.2. The van der Waals surface area contributed by atoms with E-state index in [4.69, 9.17) is 4.74 Å². The Morgan fingerprint density at radius 1 is 1.36 bits per heavy atom. The monoisotopic (exact) mass is 193 g/mol. The van der Waals surface area contributed by atoms with Crippen LogP contribution in [-0.2, 0) is 4.74 Å². The number of ether oxygens (including phenoxy) is 1. The van der Waals surface area contributed by atoms with Gasteiger partial charge in [-0.2, -0.15) is 0 Å². The van der Waals surface area contributed by atoms with Crippen molar-refractivity contribution in [1.29, 1.82) is 0 Å². The smallest absolute Gasteiger partial charge is 0.132 e. The zero-order chi connectivity index (χ0) is 9.97. The molecule has 4 nitrogen and oxygen atoms in total. The lowest BCUT2D eigenvalue weighted by molar-refractivity contribution is -0.00546. The highest BCUT2D eigenvalue weighted by Gasteiger charge is 2.22. The van der Waals surface area contributed by atoms with Crippen molar-refractivity contribution in [3.05, 3.63) is 18.6 Å². The van der Waals surface area contributed by atoms with Crippen LogP contribution in [-0.4, -0.2) is 35.3 Å². The average Bonchev–Trinajstić information content (AvgIpc) is 2.18. The molecule has 0 aromatic carbocycles. The lowest BCUT2D eigenvalue weighted by Crippen LogP contribution is -2.45. The highest BCUT2D eigenvalue weighted by Crippen LogP contribution is 2.16. The highest BCUT2D eigenvalue weighted by molar-refractivity contribution is 5.37. The minimum absolute atomic E-state index is 0.272. The summed E-state index contributed by atoms with van der Waals surface area (Å²) >= 11 is 0. The molecule has 0 aliphatic carbocycles. The van der Waals surface area contributed by atoms with E-state index in [2.05, 4.69) is 28.7 Å². The molecule has 4 heteroatoms. The third kappa shape index (κ3) is 2.01. The van der Waals surface area contributed by atoms with Crippen molar-refractivity contribution >= 4 is 5.82 Å². The second kappa shape index (κ2) is 3.92. The first-order valence-corrected chi connectivity index (χ1v) is 4.92. The van der Waals surface area contributed by atoms with Crippen molar-refractivity contribution in [2.75, 3.05) is 18.0 Å². The first-order chi connectivity index (χ1) is 6.75. The largest absolute Gasteiger partial charge is 0.372 e. The number of hydrogen-bond donors (Lipinski definition) is 0. The van der Waals surface area contributed by atoms with Crippen LogP contribution >= 0.6 is 0 Å². The van der Waals surface area contributed by atoms with Gasteiger partial charge in [0.2, 0.25) is 0 Å². The molecule has 76 valence electrons. The van der Waals surface area contributed by atoms with Crippen LogP contribution in [0.3, 0.4) is 0 Å². The number of hydrogen-bond acceptors (Lipinski definition) is 4. The summed E-state index contributed by atoms with van der Waals surface area (Å²) in [5.74, 6) is 0.988. The van der Waals surface area contributed by atoms with Crippen molar-refractivity contribution < 1.29 is 4.74 Å². The molecule has 2 rings (SSSR count). The molecule has 14 heavy (non-hydrogen) atoms. The molecule has 0 saturated carbocycles. The van der Waals surface area contributed by atoms with Crippen LogP contribution in [0.25, 0.3) is 0 Å². The fourth-order valence-corrected chi connectivity index (χ4v) is 1.84. The van der Waals surface area contributed by atoms with Crippen LogP contribution in [0.5, 0.6) is 0 Å². The van der Waals surface area contributed by atoms with Crippen molar-refractivity contribution in [2.45, 2.75) is 26.1 Å². The van der Waals surface area contributed by atoms with Gasteiger partial charge in [0.1, 0.15) is 12.1 Å². The van der Waals surface area contributed by atoms with Gasteiger partial charge in [0.05, 0.1) is 12.2 Å². The summed E-state index contributed by atoms with van der Waals surface area (Å²) in [4.78, 5) is 10.4. The van der Waals surface area contributed by atoms with Crippen LogP contribution in [0.2, 0.25) is 0 Å². The summed E-state index contributed by atoms with van der Waals surface area (Å²) in [5, 5.41) is 0. The first-order valence-electron chi connectivity index (χ1n) is 4.92. The minimum atomic E-state index is 0.272. The molecule has 0 bridgehead atoms. The maximum absolute atomic E-state index is 5.65. The van der Waals surface area contributed by atoms with Crippen molar-refractivity contribution in [2.24, 2.45) is 0 Å². The Bertz CT molecular complexity index is 281. The molecule has 2 heterocycles. The Morgan fingerprint density at radius 2 is 2.07 bits per heavy atom. The van der Waals surface area contributed by atoms with E-state index in [9.17, 15) is 0 Å². The molecule has 1 aliphatic rings. The second-order valence-corrected chi connectivity index (χ2v) is 3.73. The second-order valence-electron chi connectivity index (χ2n) is 3.73. The molecule has 2 atom stereocenters. The number of morpholine rings is 1. The topological polar surface area (TPSA) is 38.2 Å². The van der Waals surface area contributed by atoms with E-state index in [0.29, 0.717) is 0 Å². The average molecular weight is 193 g/mol. The number of nitrogens with zero attached hydrogens (tertiary/aromatic N) is 3. The van der Waals surface area contributed by atoms with Crippen LogP contribution in [0.4, 0.5) is 5.82 Å².